The van der Waals surface area contributed by atoms with Crippen LogP contribution < -0.4 is 0 Å². The first-order valence-electron chi connectivity index (χ1n) is 3.86. The van der Waals surface area contributed by atoms with Crippen molar-refractivity contribution in [3.8, 4) is 6.07 Å². The first kappa shape index (κ1) is 9.21. The third kappa shape index (κ3) is 2.31. The number of aromatic nitrogens is 1. The standard InChI is InChI=1S/C9H12N2S/c1-7-5-12-8(11-7)4-9(2,3)6-10/h5H,4H2,1-3H3. The molecular formula is C9H12N2S. The molecule has 0 bridgehead atoms. The lowest BCUT2D eigenvalue weighted by Gasteiger charge is -2.11. The maximum absolute atomic E-state index is 8.79. The van der Waals surface area contributed by atoms with E-state index in [1.165, 1.54) is 0 Å². The third-order valence-corrected chi connectivity index (χ3v) is 2.53. The van der Waals surface area contributed by atoms with Crippen molar-refractivity contribution in [1.29, 1.82) is 5.26 Å². The van der Waals surface area contributed by atoms with Gasteiger partial charge in [-0.25, -0.2) is 4.98 Å². The Kier molecular flexibility index (Phi) is 2.49. The minimum Gasteiger partial charge on any atom is -0.247 e. The number of rotatable bonds is 2. The minimum absolute atomic E-state index is 0.287. The molecule has 12 heavy (non-hydrogen) atoms. The highest BCUT2D eigenvalue weighted by molar-refractivity contribution is 7.09. The molecular weight excluding hydrogens is 168 g/mol. The molecule has 1 aromatic rings. The lowest BCUT2D eigenvalue weighted by Crippen LogP contribution is -2.11. The number of thiazole rings is 1. The molecule has 3 heteroatoms. The molecule has 0 aromatic carbocycles. The largest absolute Gasteiger partial charge is 0.247 e. The maximum atomic E-state index is 8.79. The van der Waals surface area contributed by atoms with Crippen molar-refractivity contribution in [3.05, 3.63) is 16.1 Å². The summed E-state index contributed by atoms with van der Waals surface area (Å²) in [5.41, 5.74) is 0.758. The summed E-state index contributed by atoms with van der Waals surface area (Å²) in [6, 6.07) is 2.27. The quantitative estimate of drug-likeness (QED) is 0.701. The summed E-state index contributed by atoms with van der Waals surface area (Å²) in [5.74, 6) is 0. The van der Waals surface area contributed by atoms with Crippen molar-refractivity contribution >= 4 is 11.3 Å². The predicted molar refractivity (Wildman–Crippen MR) is 49.9 cm³/mol. The van der Waals surface area contributed by atoms with Crippen LogP contribution in [-0.2, 0) is 6.42 Å². The second-order valence-electron chi connectivity index (χ2n) is 3.56. The van der Waals surface area contributed by atoms with Crippen molar-refractivity contribution in [3.63, 3.8) is 0 Å². The van der Waals surface area contributed by atoms with Gasteiger partial charge in [-0.1, -0.05) is 0 Å². The van der Waals surface area contributed by atoms with Gasteiger partial charge in [0.1, 0.15) is 0 Å². The normalized spacial score (nSPS) is 11.2. The first-order chi connectivity index (χ1) is 5.53. The third-order valence-electron chi connectivity index (χ3n) is 1.56. The lowest BCUT2D eigenvalue weighted by atomic mass is 9.92. The van der Waals surface area contributed by atoms with Crippen LogP contribution in [0.5, 0.6) is 0 Å². The number of nitriles is 1. The van der Waals surface area contributed by atoms with Gasteiger partial charge in [0.15, 0.2) is 0 Å². The Morgan fingerprint density at radius 2 is 2.33 bits per heavy atom. The van der Waals surface area contributed by atoms with E-state index in [2.05, 4.69) is 11.1 Å². The van der Waals surface area contributed by atoms with Gasteiger partial charge in [-0.15, -0.1) is 11.3 Å². The Morgan fingerprint density at radius 1 is 1.67 bits per heavy atom. The van der Waals surface area contributed by atoms with E-state index in [1.807, 2.05) is 26.2 Å². The molecule has 0 N–H and O–H groups in total. The van der Waals surface area contributed by atoms with Gasteiger partial charge in [0.25, 0.3) is 0 Å². The zero-order valence-corrected chi connectivity index (χ0v) is 8.40. The summed E-state index contributed by atoms with van der Waals surface area (Å²) in [5, 5.41) is 11.9. The molecule has 0 unspecified atom stereocenters. The topological polar surface area (TPSA) is 36.7 Å². The number of hydrogen-bond acceptors (Lipinski definition) is 3. The summed E-state index contributed by atoms with van der Waals surface area (Å²) in [7, 11) is 0. The predicted octanol–water partition coefficient (Wildman–Crippen LogP) is 2.54. The van der Waals surface area contributed by atoms with Crippen molar-refractivity contribution in [1.82, 2.24) is 4.98 Å². The average Bonchev–Trinajstić information content (AvgIpc) is 2.35. The smallest absolute Gasteiger partial charge is 0.0943 e. The van der Waals surface area contributed by atoms with Crippen LogP contribution >= 0.6 is 11.3 Å². The Bertz CT molecular complexity index is 307. The van der Waals surface area contributed by atoms with Crippen molar-refractivity contribution in [2.24, 2.45) is 5.41 Å². The van der Waals surface area contributed by atoms with E-state index < -0.39 is 0 Å². The van der Waals surface area contributed by atoms with Crippen LogP contribution in [0.2, 0.25) is 0 Å². The fraction of sp³-hybridized carbons (Fsp3) is 0.556. The Hall–Kier alpha value is -0.880. The first-order valence-corrected chi connectivity index (χ1v) is 4.74. The van der Waals surface area contributed by atoms with Crippen LogP contribution in [0.4, 0.5) is 0 Å². The van der Waals surface area contributed by atoms with Gasteiger partial charge in [0, 0.05) is 17.5 Å². The Morgan fingerprint density at radius 3 is 2.75 bits per heavy atom. The van der Waals surface area contributed by atoms with E-state index in [4.69, 9.17) is 5.26 Å². The van der Waals surface area contributed by atoms with Gasteiger partial charge in [-0.3, -0.25) is 0 Å². The molecule has 0 amide bonds. The van der Waals surface area contributed by atoms with E-state index in [-0.39, 0.29) is 5.41 Å². The van der Waals surface area contributed by atoms with Crippen LogP contribution in [0.25, 0.3) is 0 Å². The Labute approximate surface area is 76.9 Å². The summed E-state index contributed by atoms with van der Waals surface area (Å²) >= 11 is 1.63. The van der Waals surface area contributed by atoms with Gasteiger partial charge < -0.3 is 0 Å². The molecule has 0 aliphatic heterocycles. The number of aryl methyl sites for hydroxylation is 1. The van der Waals surface area contributed by atoms with Crippen LogP contribution in [0.1, 0.15) is 24.5 Å². The lowest BCUT2D eigenvalue weighted by molar-refractivity contribution is 0.492. The zero-order chi connectivity index (χ0) is 9.19. The SMILES string of the molecule is Cc1csc(CC(C)(C)C#N)n1. The maximum Gasteiger partial charge on any atom is 0.0943 e. The second-order valence-corrected chi connectivity index (χ2v) is 4.50. The zero-order valence-electron chi connectivity index (χ0n) is 7.59. The van der Waals surface area contributed by atoms with Gasteiger partial charge in [0.2, 0.25) is 0 Å². The van der Waals surface area contributed by atoms with Crippen LogP contribution in [-0.4, -0.2) is 4.98 Å². The molecule has 0 saturated heterocycles. The molecule has 0 saturated carbocycles. The summed E-state index contributed by atoms with van der Waals surface area (Å²) < 4.78 is 0. The molecule has 0 aliphatic rings. The van der Waals surface area contributed by atoms with Gasteiger partial charge in [-0.05, 0) is 20.8 Å². The van der Waals surface area contributed by atoms with Crippen LogP contribution in [0.3, 0.4) is 0 Å². The minimum atomic E-state index is -0.287. The molecule has 0 spiro atoms. The van der Waals surface area contributed by atoms with Crippen molar-refractivity contribution < 1.29 is 0 Å². The van der Waals surface area contributed by atoms with Crippen LogP contribution in [0.15, 0.2) is 5.38 Å². The molecule has 64 valence electrons. The summed E-state index contributed by atoms with van der Waals surface area (Å²) in [4.78, 5) is 4.31. The fourth-order valence-corrected chi connectivity index (χ4v) is 1.90. The van der Waals surface area contributed by atoms with E-state index in [0.29, 0.717) is 0 Å². The summed E-state index contributed by atoms with van der Waals surface area (Å²) in [6.45, 7) is 5.84. The molecule has 0 atom stereocenters. The number of nitrogens with zero attached hydrogens (tertiary/aromatic N) is 2. The molecule has 2 nitrogen and oxygen atoms in total. The van der Waals surface area contributed by atoms with Gasteiger partial charge in [-0.2, -0.15) is 5.26 Å². The average molecular weight is 180 g/mol. The molecule has 1 heterocycles. The highest BCUT2D eigenvalue weighted by Gasteiger charge is 2.18. The molecule has 0 radical (unpaired) electrons. The molecule has 1 aromatic heterocycles. The molecule has 1 rings (SSSR count). The van der Waals surface area contributed by atoms with Crippen molar-refractivity contribution in [2.75, 3.05) is 0 Å². The van der Waals surface area contributed by atoms with E-state index in [0.717, 1.165) is 17.1 Å². The highest BCUT2D eigenvalue weighted by atomic mass is 32.1. The fourth-order valence-electron chi connectivity index (χ4n) is 0.901. The number of hydrogen-bond donors (Lipinski definition) is 0. The molecule has 0 aliphatic carbocycles. The van der Waals surface area contributed by atoms with E-state index in [1.54, 1.807) is 11.3 Å². The van der Waals surface area contributed by atoms with Gasteiger partial charge >= 0.3 is 0 Å². The van der Waals surface area contributed by atoms with E-state index in [9.17, 15) is 0 Å². The second kappa shape index (κ2) is 3.24. The molecule has 0 fully saturated rings. The Balaban J connectivity index is 2.72. The highest BCUT2D eigenvalue weighted by Crippen LogP contribution is 2.22. The van der Waals surface area contributed by atoms with E-state index >= 15 is 0 Å². The monoisotopic (exact) mass is 180 g/mol. The summed E-state index contributed by atoms with van der Waals surface area (Å²) in [6.07, 6.45) is 0.752. The van der Waals surface area contributed by atoms with Crippen LogP contribution in [0, 0.1) is 23.7 Å². The van der Waals surface area contributed by atoms with Gasteiger partial charge in [0.05, 0.1) is 16.5 Å². The van der Waals surface area contributed by atoms with Crippen molar-refractivity contribution in [2.45, 2.75) is 27.2 Å².